The topological polar surface area (TPSA) is 46.2 Å². The summed E-state index contributed by atoms with van der Waals surface area (Å²) in [5, 5.41) is 9.88. The summed E-state index contributed by atoms with van der Waals surface area (Å²) in [5.41, 5.74) is 2.64. The maximum Gasteiger partial charge on any atom is 0.418 e. The molecule has 0 amide bonds. The quantitative estimate of drug-likeness (QED) is 0.828. The zero-order valence-electron chi connectivity index (χ0n) is 12.1. The number of halogens is 3. The Kier molecular flexibility index (Phi) is 4.94. The summed E-state index contributed by atoms with van der Waals surface area (Å²) >= 11 is 0. The average Bonchev–Trinajstić information content (AvgIpc) is 2.36. The molecule has 1 aliphatic rings. The van der Waals surface area contributed by atoms with E-state index < -0.39 is 24.2 Å². The minimum Gasteiger partial charge on any atom is -0.379 e. The van der Waals surface area contributed by atoms with E-state index in [-0.39, 0.29) is 5.41 Å². The van der Waals surface area contributed by atoms with Crippen LogP contribution in [0.2, 0.25) is 0 Å². The first-order valence-electron chi connectivity index (χ1n) is 7.07. The van der Waals surface area contributed by atoms with Crippen molar-refractivity contribution in [1.82, 2.24) is 0 Å². The molecule has 0 aromatic heterocycles. The van der Waals surface area contributed by atoms with Crippen molar-refractivity contribution in [3.8, 4) is 0 Å². The minimum absolute atomic E-state index is 0.157. The van der Waals surface area contributed by atoms with Gasteiger partial charge in [-0.15, -0.1) is 0 Å². The molecule has 0 heterocycles. The van der Waals surface area contributed by atoms with Crippen molar-refractivity contribution in [2.24, 2.45) is 23.0 Å². The van der Waals surface area contributed by atoms with Crippen LogP contribution in [0.25, 0.3) is 0 Å². The van der Waals surface area contributed by atoms with Crippen molar-refractivity contribution >= 4 is 0 Å². The molecule has 1 saturated carbocycles. The average molecular weight is 281 g/mol. The Labute approximate surface area is 113 Å². The molecular formula is C14H26F3NO. The first-order valence-corrected chi connectivity index (χ1v) is 7.07. The van der Waals surface area contributed by atoms with Crippen LogP contribution in [-0.2, 0) is 0 Å². The molecule has 1 unspecified atom stereocenters. The molecule has 0 radical (unpaired) electrons. The fourth-order valence-electron chi connectivity index (χ4n) is 3.15. The molecule has 19 heavy (non-hydrogen) atoms. The van der Waals surface area contributed by atoms with E-state index in [0.29, 0.717) is 18.8 Å². The van der Waals surface area contributed by atoms with E-state index in [0.717, 1.165) is 19.3 Å². The highest BCUT2D eigenvalue weighted by Gasteiger charge is 2.57. The van der Waals surface area contributed by atoms with Gasteiger partial charge in [-0.05, 0) is 42.9 Å². The molecular weight excluding hydrogens is 255 g/mol. The number of alkyl halides is 3. The summed E-state index contributed by atoms with van der Waals surface area (Å²) in [4.78, 5) is 0. The zero-order chi connectivity index (χ0) is 14.9. The third kappa shape index (κ3) is 3.24. The third-order valence-corrected chi connectivity index (χ3v) is 5.22. The first-order chi connectivity index (χ1) is 8.58. The van der Waals surface area contributed by atoms with Gasteiger partial charge >= 0.3 is 6.18 Å². The second-order valence-electron chi connectivity index (χ2n) is 6.52. The normalized spacial score (nSPS) is 29.1. The van der Waals surface area contributed by atoms with E-state index in [4.69, 9.17) is 5.73 Å². The lowest BCUT2D eigenvalue weighted by Crippen LogP contribution is -2.57. The van der Waals surface area contributed by atoms with Crippen molar-refractivity contribution < 1.29 is 18.3 Å². The number of aliphatic hydroxyl groups is 1. The minimum atomic E-state index is -4.64. The van der Waals surface area contributed by atoms with Crippen LogP contribution in [0.1, 0.15) is 52.9 Å². The van der Waals surface area contributed by atoms with Gasteiger partial charge in [0.2, 0.25) is 0 Å². The van der Waals surface area contributed by atoms with Crippen LogP contribution < -0.4 is 5.73 Å². The Balaban J connectivity index is 2.73. The summed E-state index contributed by atoms with van der Waals surface area (Å²) in [7, 11) is 0. The molecule has 5 heteroatoms. The molecule has 3 N–H and O–H groups in total. The fraction of sp³-hybridized carbons (Fsp3) is 1.00. The predicted octanol–water partition coefficient (Wildman–Crippen LogP) is 3.48. The van der Waals surface area contributed by atoms with Gasteiger partial charge in [-0.2, -0.15) is 13.2 Å². The van der Waals surface area contributed by atoms with Crippen LogP contribution in [0.3, 0.4) is 0 Å². The van der Waals surface area contributed by atoms with Crippen LogP contribution >= 0.6 is 0 Å². The van der Waals surface area contributed by atoms with Crippen molar-refractivity contribution in [3.63, 3.8) is 0 Å². The van der Waals surface area contributed by atoms with E-state index >= 15 is 0 Å². The summed E-state index contributed by atoms with van der Waals surface area (Å²) in [6.07, 6.45) is -1.33. The molecule has 0 bridgehead atoms. The lowest BCUT2D eigenvalue weighted by molar-refractivity contribution is -0.279. The second-order valence-corrected chi connectivity index (χ2v) is 6.52. The van der Waals surface area contributed by atoms with Gasteiger partial charge in [-0.3, -0.25) is 0 Å². The zero-order valence-corrected chi connectivity index (χ0v) is 12.1. The Morgan fingerprint density at radius 2 is 1.47 bits per heavy atom. The van der Waals surface area contributed by atoms with Crippen molar-refractivity contribution in [2.75, 3.05) is 6.54 Å². The smallest absolute Gasteiger partial charge is 0.379 e. The molecule has 1 aliphatic carbocycles. The second kappa shape index (κ2) is 5.60. The van der Waals surface area contributed by atoms with E-state index in [1.807, 2.05) is 0 Å². The third-order valence-electron chi connectivity index (χ3n) is 5.22. The van der Waals surface area contributed by atoms with Crippen LogP contribution in [0.15, 0.2) is 0 Å². The van der Waals surface area contributed by atoms with Gasteiger partial charge in [0.1, 0.15) is 0 Å². The first kappa shape index (κ1) is 16.8. The van der Waals surface area contributed by atoms with Gasteiger partial charge in [0.15, 0.2) is 5.60 Å². The number of hydrogen-bond donors (Lipinski definition) is 2. The summed E-state index contributed by atoms with van der Waals surface area (Å²) in [6.45, 7) is 5.69. The van der Waals surface area contributed by atoms with Crippen LogP contribution in [0.5, 0.6) is 0 Å². The van der Waals surface area contributed by atoms with Crippen molar-refractivity contribution in [1.29, 1.82) is 0 Å². The molecule has 0 aromatic rings. The van der Waals surface area contributed by atoms with E-state index in [1.54, 1.807) is 0 Å². The van der Waals surface area contributed by atoms with E-state index in [9.17, 15) is 18.3 Å². The number of hydrogen-bond acceptors (Lipinski definition) is 2. The summed E-state index contributed by atoms with van der Waals surface area (Å²) < 4.78 is 38.9. The van der Waals surface area contributed by atoms with Gasteiger partial charge in [0, 0.05) is 6.54 Å². The Morgan fingerprint density at radius 3 is 1.79 bits per heavy atom. The van der Waals surface area contributed by atoms with Crippen LogP contribution in [-0.4, -0.2) is 23.4 Å². The predicted molar refractivity (Wildman–Crippen MR) is 69.6 cm³/mol. The Bertz CT molecular complexity index is 296. The highest BCUT2D eigenvalue weighted by molar-refractivity contribution is 4.97. The van der Waals surface area contributed by atoms with Crippen LogP contribution in [0, 0.1) is 17.3 Å². The summed E-state index contributed by atoms with van der Waals surface area (Å²) in [6, 6.07) is 0. The van der Waals surface area contributed by atoms with Gasteiger partial charge in [0.25, 0.3) is 0 Å². The molecule has 0 spiro atoms. The highest BCUT2D eigenvalue weighted by atomic mass is 19.4. The van der Waals surface area contributed by atoms with E-state index in [1.165, 1.54) is 0 Å². The molecule has 114 valence electrons. The number of rotatable bonds is 4. The Morgan fingerprint density at radius 1 is 1.05 bits per heavy atom. The molecule has 0 aromatic carbocycles. The fourth-order valence-corrected chi connectivity index (χ4v) is 3.15. The molecule has 1 atom stereocenters. The van der Waals surface area contributed by atoms with Crippen LogP contribution in [0.4, 0.5) is 13.2 Å². The monoisotopic (exact) mass is 281 g/mol. The van der Waals surface area contributed by atoms with Gasteiger partial charge in [-0.25, -0.2) is 0 Å². The summed E-state index contributed by atoms with van der Waals surface area (Å²) in [5.74, 6) is -0.328. The van der Waals surface area contributed by atoms with E-state index in [2.05, 4.69) is 20.8 Å². The SMILES string of the molecule is CCC(C)(C)C1CCC(C(O)(CN)C(F)(F)F)CC1. The lowest BCUT2D eigenvalue weighted by atomic mass is 9.64. The molecule has 1 fully saturated rings. The molecule has 2 nitrogen and oxygen atoms in total. The number of nitrogens with two attached hydrogens (primary N) is 1. The lowest BCUT2D eigenvalue weighted by Gasteiger charge is -2.44. The highest BCUT2D eigenvalue weighted by Crippen LogP contribution is 2.47. The standard InChI is InChI=1S/C14H26F3NO/c1-4-12(2,3)10-5-7-11(8-6-10)13(19,9-18)14(15,16)17/h10-11,19H,4-9,18H2,1-3H3. The molecule has 0 aliphatic heterocycles. The largest absolute Gasteiger partial charge is 0.418 e. The maximum absolute atomic E-state index is 13.0. The molecule has 1 rings (SSSR count). The Hall–Kier alpha value is -0.290. The van der Waals surface area contributed by atoms with Crippen molar-refractivity contribution in [3.05, 3.63) is 0 Å². The van der Waals surface area contributed by atoms with Gasteiger partial charge in [0.05, 0.1) is 0 Å². The molecule has 0 saturated heterocycles. The van der Waals surface area contributed by atoms with Gasteiger partial charge < -0.3 is 10.8 Å². The van der Waals surface area contributed by atoms with Crippen molar-refractivity contribution in [2.45, 2.75) is 64.7 Å². The van der Waals surface area contributed by atoms with Gasteiger partial charge in [-0.1, -0.05) is 27.2 Å². The maximum atomic E-state index is 13.0.